The van der Waals surface area contributed by atoms with E-state index in [2.05, 4.69) is 10.2 Å². The molecule has 16 heavy (non-hydrogen) atoms. The number of nitrogens with one attached hydrogen (secondary N) is 1. The van der Waals surface area contributed by atoms with Crippen LogP contribution in [-0.2, 0) is 0 Å². The molecule has 0 saturated carbocycles. The fourth-order valence-corrected chi connectivity index (χ4v) is 2.56. The van der Waals surface area contributed by atoms with E-state index in [0.29, 0.717) is 0 Å². The van der Waals surface area contributed by atoms with Crippen LogP contribution in [0.5, 0.6) is 0 Å². The van der Waals surface area contributed by atoms with Crippen LogP contribution in [-0.4, -0.2) is 37.8 Å². The maximum absolute atomic E-state index is 12.9. The average molecular weight is 287 g/mol. The Morgan fingerprint density at radius 2 is 2.06 bits per heavy atom. The molecule has 2 rings (SSSR count). The molecular formula is C10H17Cl2FN2S. The van der Waals surface area contributed by atoms with Gasteiger partial charge in [0.05, 0.1) is 6.04 Å². The first-order valence-corrected chi connectivity index (χ1v) is 5.89. The first kappa shape index (κ1) is 16.1. The molecule has 1 fully saturated rings. The first-order valence-electron chi connectivity index (χ1n) is 4.94. The summed E-state index contributed by atoms with van der Waals surface area (Å²) in [5, 5.41) is 7.34. The van der Waals surface area contributed by atoms with E-state index in [9.17, 15) is 4.39 Å². The SMILES string of the molecule is Cl.Cl.FC[C@H](c1ccsc1)N1CCNCC1. The van der Waals surface area contributed by atoms with Crippen LogP contribution in [0, 0.1) is 0 Å². The standard InChI is InChI=1S/C10H15FN2S.2ClH/c11-7-10(9-1-6-14-8-9)13-4-2-12-3-5-13;;/h1,6,8,10,12H,2-5,7H2;2*1H/t10-;;/m1../s1. The maximum atomic E-state index is 12.9. The Kier molecular flexibility index (Phi) is 8.32. The molecule has 2 nitrogen and oxygen atoms in total. The van der Waals surface area contributed by atoms with E-state index in [-0.39, 0.29) is 37.5 Å². The summed E-state index contributed by atoms with van der Waals surface area (Å²) in [6, 6.07) is 2.00. The lowest BCUT2D eigenvalue weighted by molar-refractivity contribution is 0.148. The lowest BCUT2D eigenvalue weighted by atomic mass is 10.1. The van der Waals surface area contributed by atoms with Crippen molar-refractivity contribution in [3.63, 3.8) is 0 Å². The third-order valence-corrected chi connectivity index (χ3v) is 3.37. The molecule has 0 amide bonds. The van der Waals surface area contributed by atoms with E-state index >= 15 is 0 Å². The lowest BCUT2D eigenvalue weighted by Crippen LogP contribution is -2.45. The molecule has 1 aromatic rings. The summed E-state index contributed by atoms with van der Waals surface area (Å²) < 4.78 is 12.9. The monoisotopic (exact) mass is 286 g/mol. The maximum Gasteiger partial charge on any atom is 0.109 e. The summed E-state index contributed by atoms with van der Waals surface area (Å²) in [6.07, 6.45) is 0. The molecule has 6 heteroatoms. The number of alkyl halides is 1. The highest BCUT2D eigenvalue weighted by molar-refractivity contribution is 7.07. The van der Waals surface area contributed by atoms with Crippen molar-refractivity contribution < 1.29 is 4.39 Å². The molecule has 1 aliphatic heterocycles. The summed E-state index contributed by atoms with van der Waals surface area (Å²) in [6.45, 7) is 3.56. The predicted molar refractivity (Wildman–Crippen MR) is 72.0 cm³/mol. The van der Waals surface area contributed by atoms with Crippen molar-refractivity contribution in [2.24, 2.45) is 0 Å². The Labute approximate surface area is 112 Å². The molecule has 2 heterocycles. The fraction of sp³-hybridized carbons (Fsp3) is 0.600. The highest BCUT2D eigenvalue weighted by Crippen LogP contribution is 2.23. The van der Waals surface area contributed by atoms with Crippen LogP contribution in [0.3, 0.4) is 0 Å². The number of hydrogen-bond donors (Lipinski definition) is 1. The van der Waals surface area contributed by atoms with E-state index in [1.165, 1.54) is 0 Å². The summed E-state index contributed by atoms with van der Waals surface area (Å²) >= 11 is 1.64. The van der Waals surface area contributed by atoms with Crippen LogP contribution < -0.4 is 5.32 Å². The van der Waals surface area contributed by atoms with Crippen molar-refractivity contribution >= 4 is 36.2 Å². The second-order valence-electron chi connectivity index (χ2n) is 3.51. The van der Waals surface area contributed by atoms with Crippen molar-refractivity contribution in [2.75, 3.05) is 32.9 Å². The van der Waals surface area contributed by atoms with Gasteiger partial charge < -0.3 is 5.32 Å². The van der Waals surface area contributed by atoms with E-state index in [4.69, 9.17) is 0 Å². The predicted octanol–water partition coefficient (Wildman–Crippen LogP) is 2.51. The molecule has 1 aromatic heterocycles. The van der Waals surface area contributed by atoms with Crippen molar-refractivity contribution in [3.8, 4) is 0 Å². The molecule has 0 unspecified atom stereocenters. The summed E-state index contributed by atoms with van der Waals surface area (Å²) in [4.78, 5) is 2.22. The number of nitrogens with zero attached hydrogens (tertiary/aromatic N) is 1. The van der Waals surface area contributed by atoms with Gasteiger partial charge in [-0.2, -0.15) is 11.3 Å². The van der Waals surface area contributed by atoms with Crippen LogP contribution in [0.2, 0.25) is 0 Å². The molecule has 1 atom stereocenters. The van der Waals surface area contributed by atoms with Gasteiger partial charge in [0.15, 0.2) is 0 Å². The molecule has 94 valence electrons. The molecule has 0 aliphatic carbocycles. The molecule has 0 aromatic carbocycles. The normalized spacial score (nSPS) is 18.3. The van der Waals surface area contributed by atoms with Gasteiger partial charge >= 0.3 is 0 Å². The number of piperazine rings is 1. The second kappa shape index (κ2) is 8.25. The van der Waals surface area contributed by atoms with E-state index < -0.39 is 0 Å². The van der Waals surface area contributed by atoms with Crippen LogP contribution >= 0.6 is 36.2 Å². The van der Waals surface area contributed by atoms with Gasteiger partial charge in [0, 0.05) is 26.2 Å². The van der Waals surface area contributed by atoms with E-state index in [0.717, 1.165) is 31.7 Å². The summed E-state index contributed by atoms with van der Waals surface area (Å²) in [7, 11) is 0. The first-order chi connectivity index (χ1) is 6.92. The zero-order valence-electron chi connectivity index (χ0n) is 8.89. The Hall–Kier alpha value is 0.130. The van der Waals surface area contributed by atoms with Crippen LogP contribution in [0.1, 0.15) is 11.6 Å². The number of thiophene rings is 1. The minimum Gasteiger partial charge on any atom is -0.314 e. The molecule has 0 bridgehead atoms. The highest BCUT2D eigenvalue weighted by Gasteiger charge is 2.21. The van der Waals surface area contributed by atoms with Gasteiger partial charge in [0.1, 0.15) is 6.67 Å². The Morgan fingerprint density at radius 3 is 2.56 bits per heavy atom. The fourth-order valence-electron chi connectivity index (χ4n) is 1.86. The molecule has 1 saturated heterocycles. The van der Waals surface area contributed by atoms with Gasteiger partial charge in [-0.1, -0.05) is 0 Å². The van der Waals surface area contributed by atoms with E-state index in [1.807, 2.05) is 16.8 Å². The second-order valence-corrected chi connectivity index (χ2v) is 4.29. The minimum atomic E-state index is -0.281. The van der Waals surface area contributed by atoms with Gasteiger partial charge in [-0.25, -0.2) is 4.39 Å². The average Bonchev–Trinajstić information content (AvgIpc) is 2.74. The molecule has 0 radical (unpaired) electrons. The van der Waals surface area contributed by atoms with Crippen molar-refractivity contribution in [3.05, 3.63) is 22.4 Å². The highest BCUT2D eigenvalue weighted by atomic mass is 35.5. The van der Waals surface area contributed by atoms with Crippen LogP contribution in [0.15, 0.2) is 16.8 Å². The Balaban J connectivity index is 0.00000112. The van der Waals surface area contributed by atoms with Crippen LogP contribution in [0.4, 0.5) is 4.39 Å². The van der Waals surface area contributed by atoms with Gasteiger partial charge in [-0.3, -0.25) is 4.90 Å². The van der Waals surface area contributed by atoms with Gasteiger partial charge in [0.25, 0.3) is 0 Å². The zero-order valence-corrected chi connectivity index (χ0v) is 11.3. The van der Waals surface area contributed by atoms with E-state index in [1.54, 1.807) is 11.3 Å². The Bertz CT molecular complexity index is 266. The topological polar surface area (TPSA) is 15.3 Å². The largest absolute Gasteiger partial charge is 0.314 e. The molecule has 1 N–H and O–H groups in total. The van der Waals surface area contributed by atoms with Crippen molar-refractivity contribution in [2.45, 2.75) is 6.04 Å². The van der Waals surface area contributed by atoms with Gasteiger partial charge in [0.2, 0.25) is 0 Å². The zero-order chi connectivity index (χ0) is 9.80. The number of hydrogen-bond acceptors (Lipinski definition) is 3. The van der Waals surface area contributed by atoms with Crippen molar-refractivity contribution in [1.82, 2.24) is 10.2 Å². The smallest absolute Gasteiger partial charge is 0.109 e. The number of halogens is 3. The third-order valence-electron chi connectivity index (χ3n) is 2.67. The van der Waals surface area contributed by atoms with Gasteiger partial charge in [-0.05, 0) is 22.4 Å². The quantitative estimate of drug-likeness (QED) is 0.919. The molecule has 0 spiro atoms. The van der Waals surface area contributed by atoms with Crippen molar-refractivity contribution in [1.29, 1.82) is 0 Å². The minimum absolute atomic E-state index is 0. The number of rotatable bonds is 3. The third kappa shape index (κ3) is 3.86. The van der Waals surface area contributed by atoms with Gasteiger partial charge in [-0.15, -0.1) is 24.8 Å². The molecule has 1 aliphatic rings. The van der Waals surface area contributed by atoms with Crippen LogP contribution in [0.25, 0.3) is 0 Å². The Morgan fingerprint density at radius 1 is 1.38 bits per heavy atom. The summed E-state index contributed by atoms with van der Waals surface area (Å²) in [5.41, 5.74) is 1.12. The molecular weight excluding hydrogens is 270 g/mol. The lowest BCUT2D eigenvalue weighted by Gasteiger charge is -2.33. The summed E-state index contributed by atoms with van der Waals surface area (Å²) in [5.74, 6) is 0.